The minimum Gasteiger partial charge on any atom is -0.345 e. The molecule has 0 saturated carbocycles. The van der Waals surface area contributed by atoms with Crippen molar-refractivity contribution in [1.82, 2.24) is 14.9 Å². The minimum absolute atomic E-state index is 0.144. The zero-order chi connectivity index (χ0) is 13.2. The fourth-order valence-electron chi connectivity index (χ4n) is 2.81. The van der Waals surface area contributed by atoms with Crippen molar-refractivity contribution < 1.29 is 4.79 Å². The van der Waals surface area contributed by atoms with Crippen LogP contribution in [0.15, 0.2) is 24.5 Å². The molecule has 100 valence electrons. The number of carbonyl (C=O) groups is 1. The van der Waals surface area contributed by atoms with Crippen molar-refractivity contribution in [3.63, 3.8) is 0 Å². The van der Waals surface area contributed by atoms with E-state index in [1.807, 2.05) is 23.1 Å². The summed E-state index contributed by atoms with van der Waals surface area (Å²) in [5.74, 6) is 0.144. The van der Waals surface area contributed by atoms with Crippen LogP contribution in [-0.4, -0.2) is 33.4 Å². The van der Waals surface area contributed by atoms with Gasteiger partial charge in [0, 0.05) is 18.2 Å². The van der Waals surface area contributed by atoms with Crippen LogP contribution in [-0.2, 0) is 0 Å². The number of H-pyrrole nitrogens is 1. The molecule has 0 aliphatic carbocycles. The standard InChI is InChI=1S/C15H19N3O/c1-11-5-3-2-4-8-18(11)15(19)12-6-7-13-14(9-12)17-10-16-13/h6-7,9-11H,2-5,8H2,1H3,(H,16,17). The summed E-state index contributed by atoms with van der Waals surface area (Å²) >= 11 is 0. The Kier molecular flexibility index (Phi) is 3.23. The van der Waals surface area contributed by atoms with Gasteiger partial charge in [0.1, 0.15) is 0 Å². The van der Waals surface area contributed by atoms with Gasteiger partial charge in [0.15, 0.2) is 0 Å². The molecule has 1 aliphatic heterocycles. The van der Waals surface area contributed by atoms with Gasteiger partial charge in [-0.15, -0.1) is 0 Å². The number of fused-ring (bicyclic) bond motifs is 1. The lowest BCUT2D eigenvalue weighted by Gasteiger charge is -2.27. The molecule has 1 atom stereocenters. The van der Waals surface area contributed by atoms with Crippen molar-refractivity contribution in [3.05, 3.63) is 30.1 Å². The van der Waals surface area contributed by atoms with Crippen molar-refractivity contribution >= 4 is 16.9 Å². The van der Waals surface area contributed by atoms with Crippen LogP contribution in [0, 0.1) is 0 Å². The van der Waals surface area contributed by atoms with E-state index in [-0.39, 0.29) is 5.91 Å². The van der Waals surface area contributed by atoms with Crippen LogP contribution in [0.25, 0.3) is 11.0 Å². The molecule has 0 radical (unpaired) electrons. The van der Waals surface area contributed by atoms with Gasteiger partial charge in [-0.25, -0.2) is 4.98 Å². The van der Waals surface area contributed by atoms with Crippen molar-refractivity contribution in [2.24, 2.45) is 0 Å². The minimum atomic E-state index is 0.144. The van der Waals surface area contributed by atoms with Gasteiger partial charge in [0.2, 0.25) is 0 Å². The van der Waals surface area contributed by atoms with E-state index in [1.165, 1.54) is 12.8 Å². The number of nitrogens with one attached hydrogen (secondary N) is 1. The van der Waals surface area contributed by atoms with E-state index >= 15 is 0 Å². The summed E-state index contributed by atoms with van der Waals surface area (Å²) in [5, 5.41) is 0. The normalized spacial score (nSPS) is 20.5. The quantitative estimate of drug-likeness (QED) is 0.853. The van der Waals surface area contributed by atoms with Gasteiger partial charge in [-0.05, 0) is 38.0 Å². The highest BCUT2D eigenvalue weighted by molar-refractivity contribution is 5.97. The molecule has 19 heavy (non-hydrogen) atoms. The number of rotatable bonds is 1. The van der Waals surface area contributed by atoms with E-state index in [0.717, 1.165) is 36.0 Å². The molecule has 3 rings (SSSR count). The second kappa shape index (κ2) is 5.03. The van der Waals surface area contributed by atoms with Gasteiger partial charge in [-0.1, -0.05) is 12.8 Å². The maximum Gasteiger partial charge on any atom is 0.254 e. The Bertz CT molecular complexity index is 590. The number of benzene rings is 1. The second-order valence-electron chi connectivity index (χ2n) is 5.33. The van der Waals surface area contributed by atoms with Gasteiger partial charge in [0.05, 0.1) is 17.4 Å². The van der Waals surface area contributed by atoms with E-state index in [1.54, 1.807) is 6.33 Å². The monoisotopic (exact) mass is 257 g/mol. The zero-order valence-electron chi connectivity index (χ0n) is 11.2. The van der Waals surface area contributed by atoms with Crippen molar-refractivity contribution in [3.8, 4) is 0 Å². The number of hydrogen-bond donors (Lipinski definition) is 1. The lowest BCUT2D eigenvalue weighted by molar-refractivity contribution is 0.0698. The molecule has 1 amide bonds. The van der Waals surface area contributed by atoms with E-state index in [4.69, 9.17) is 0 Å². The average Bonchev–Trinajstić information content (AvgIpc) is 2.79. The van der Waals surface area contributed by atoms with Gasteiger partial charge < -0.3 is 9.88 Å². The van der Waals surface area contributed by atoms with E-state index in [9.17, 15) is 4.79 Å². The lowest BCUT2D eigenvalue weighted by Crippen LogP contribution is -2.38. The molecule has 1 fully saturated rings. The van der Waals surface area contributed by atoms with Crippen LogP contribution < -0.4 is 0 Å². The summed E-state index contributed by atoms with van der Waals surface area (Å²) < 4.78 is 0. The first kappa shape index (κ1) is 12.2. The van der Waals surface area contributed by atoms with Crippen molar-refractivity contribution in [2.75, 3.05) is 6.54 Å². The molecular formula is C15H19N3O. The topological polar surface area (TPSA) is 49.0 Å². The second-order valence-corrected chi connectivity index (χ2v) is 5.33. The molecule has 1 aliphatic rings. The molecule has 0 spiro atoms. The van der Waals surface area contributed by atoms with Gasteiger partial charge in [0.25, 0.3) is 5.91 Å². The SMILES string of the molecule is CC1CCCCCN1C(=O)c1ccc2nc[nH]c2c1. The molecule has 1 aromatic carbocycles. The molecular weight excluding hydrogens is 238 g/mol. The van der Waals surface area contributed by atoms with Crippen LogP contribution in [0.3, 0.4) is 0 Å². The highest BCUT2D eigenvalue weighted by Gasteiger charge is 2.23. The number of imidazole rings is 1. The Labute approximate surface area is 112 Å². The fourth-order valence-corrected chi connectivity index (χ4v) is 2.81. The molecule has 1 N–H and O–H groups in total. The fraction of sp³-hybridized carbons (Fsp3) is 0.467. The Hall–Kier alpha value is -1.84. The number of hydrogen-bond acceptors (Lipinski definition) is 2. The van der Waals surface area contributed by atoms with E-state index in [2.05, 4.69) is 16.9 Å². The molecule has 0 bridgehead atoms. The third kappa shape index (κ3) is 2.35. The van der Waals surface area contributed by atoms with E-state index < -0.39 is 0 Å². The first-order chi connectivity index (χ1) is 9.25. The Morgan fingerprint density at radius 2 is 2.26 bits per heavy atom. The number of likely N-dealkylation sites (tertiary alicyclic amines) is 1. The number of aromatic amines is 1. The Morgan fingerprint density at radius 3 is 3.16 bits per heavy atom. The number of aromatic nitrogens is 2. The van der Waals surface area contributed by atoms with Crippen LogP contribution in [0.4, 0.5) is 0 Å². The third-order valence-electron chi connectivity index (χ3n) is 3.98. The third-order valence-corrected chi connectivity index (χ3v) is 3.98. The predicted octanol–water partition coefficient (Wildman–Crippen LogP) is 2.97. The molecule has 2 aromatic rings. The van der Waals surface area contributed by atoms with Crippen molar-refractivity contribution in [2.45, 2.75) is 38.6 Å². The molecule has 1 aromatic heterocycles. The van der Waals surface area contributed by atoms with Crippen LogP contribution in [0.2, 0.25) is 0 Å². The predicted molar refractivity (Wildman–Crippen MR) is 75.1 cm³/mol. The highest BCUT2D eigenvalue weighted by Crippen LogP contribution is 2.20. The smallest absolute Gasteiger partial charge is 0.254 e. The summed E-state index contributed by atoms with van der Waals surface area (Å²) in [7, 11) is 0. The van der Waals surface area contributed by atoms with Crippen LogP contribution in [0.5, 0.6) is 0 Å². The summed E-state index contributed by atoms with van der Waals surface area (Å²) in [6.07, 6.45) is 6.34. The van der Waals surface area contributed by atoms with Crippen LogP contribution in [0.1, 0.15) is 43.0 Å². The Morgan fingerprint density at radius 1 is 1.37 bits per heavy atom. The number of carbonyl (C=O) groups excluding carboxylic acids is 1. The molecule has 4 heteroatoms. The number of nitrogens with zero attached hydrogens (tertiary/aromatic N) is 2. The summed E-state index contributed by atoms with van der Waals surface area (Å²) in [5.41, 5.74) is 2.58. The summed E-state index contributed by atoms with van der Waals surface area (Å²) in [6, 6.07) is 6.03. The maximum atomic E-state index is 12.6. The van der Waals surface area contributed by atoms with Crippen molar-refractivity contribution in [1.29, 1.82) is 0 Å². The number of amides is 1. The largest absolute Gasteiger partial charge is 0.345 e. The lowest BCUT2D eigenvalue weighted by atomic mass is 10.1. The van der Waals surface area contributed by atoms with Gasteiger partial charge in [-0.2, -0.15) is 0 Å². The summed E-state index contributed by atoms with van der Waals surface area (Å²) in [6.45, 7) is 3.03. The first-order valence-corrected chi connectivity index (χ1v) is 7.00. The average molecular weight is 257 g/mol. The van der Waals surface area contributed by atoms with Gasteiger partial charge >= 0.3 is 0 Å². The Balaban J connectivity index is 1.88. The summed E-state index contributed by atoms with van der Waals surface area (Å²) in [4.78, 5) is 21.9. The molecule has 1 unspecified atom stereocenters. The first-order valence-electron chi connectivity index (χ1n) is 7.00. The molecule has 4 nitrogen and oxygen atoms in total. The highest BCUT2D eigenvalue weighted by atomic mass is 16.2. The molecule has 2 heterocycles. The maximum absolute atomic E-state index is 12.6. The molecule has 1 saturated heterocycles. The van der Waals surface area contributed by atoms with Gasteiger partial charge in [-0.3, -0.25) is 4.79 Å². The van der Waals surface area contributed by atoms with Crippen LogP contribution >= 0.6 is 0 Å². The zero-order valence-corrected chi connectivity index (χ0v) is 11.2. The van der Waals surface area contributed by atoms with E-state index in [0.29, 0.717) is 6.04 Å².